The van der Waals surface area contributed by atoms with Crippen LogP contribution in [0, 0.1) is 5.92 Å². The van der Waals surface area contributed by atoms with Crippen molar-refractivity contribution < 1.29 is 4.79 Å². The monoisotopic (exact) mass is 220 g/mol. The van der Waals surface area contributed by atoms with Crippen molar-refractivity contribution in [3.05, 3.63) is 17.8 Å². The maximum absolute atomic E-state index is 11.5. The topological polar surface area (TPSA) is 58.1 Å². The molecule has 0 aromatic carbocycles. The Labute approximate surface area is 94.9 Å². The molecular formula is C11H16N4O. The average Bonchev–Trinajstić information content (AvgIpc) is 3.10. The third-order valence-electron chi connectivity index (χ3n) is 2.56. The fraction of sp³-hybridized carbons (Fsp3) is 0.545. The van der Waals surface area contributed by atoms with Crippen molar-refractivity contribution in [2.24, 2.45) is 5.92 Å². The number of carbonyl (C=O) groups is 1. The second kappa shape index (κ2) is 4.47. The minimum atomic E-state index is -0.124. The summed E-state index contributed by atoms with van der Waals surface area (Å²) in [6.07, 6.45) is 2.61. The van der Waals surface area contributed by atoms with E-state index in [1.165, 1.54) is 17.7 Å². The molecule has 1 heterocycles. The van der Waals surface area contributed by atoms with Crippen LogP contribution in [0.4, 0.5) is 5.82 Å². The van der Waals surface area contributed by atoms with Crippen LogP contribution in [0.1, 0.15) is 23.3 Å². The van der Waals surface area contributed by atoms with Gasteiger partial charge in [-0.15, -0.1) is 10.2 Å². The maximum Gasteiger partial charge on any atom is 0.273 e. The summed E-state index contributed by atoms with van der Waals surface area (Å²) in [6, 6.07) is 3.50. The Hall–Kier alpha value is -1.65. The summed E-state index contributed by atoms with van der Waals surface area (Å²) >= 11 is 0. The van der Waals surface area contributed by atoms with Crippen molar-refractivity contribution in [3.63, 3.8) is 0 Å². The van der Waals surface area contributed by atoms with Gasteiger partial charge in [0.2, 0.25) is 0 Å². The summed E-state index contributed by atoms with van der Waals surface area (Å²) in [4.78, 5) is 13.0. The molecule has 1 N–H and O–H groups in total. The first-order chi connectivity index (χ1) is 7.66. The second-order valence-corrected chi connectivity index (χ2v) is 4.33. The Morgan fingerprint density at radius 1 is 1.44 bits per heavy atom. The lowest BCUT2D eigenvalue weighted by atomic mass is 10.3. The fourth-order valence-corrected chi connectivity index (χ4v) is 1.34. The lowest BCUT2D eigenvalue weighted by Crippen LogP contribution is -2.23. The van der Waals surface area contributed by atoms with Gasteiger partial charge < -0.3 is 10.2 Å². The van der Waals surface area contributed by atoms with Crippen LogP contribution >= 0.6 is 0 Å². The minimum Gasteiger partial charge on any atom is -0.368 e. The van der Waals surface area contributed by atoms with E-state index in [2.05, 4.69) is 15.5 Å². The van der Waals surface area contributed by atoms with Crippen LogP contribution in [-0.2, 0) is 0 Å². The molecule has 5 heteroatoms. The summed E-state index contributed by atoms with van der Waals surface area (Å²) in [6.45, 7) is 0.954. The fourth-order valence-electron chi connectivity index (χ4n) is 1.34. The highest BCUT2D eigenvalue weighted by Gasteiger charge is 2.20. The Morgan fingerprint density at radius 3 is 2.69 bits per heavy atom. The Balaban J connectivity index is 1.95. The number of amides is 1. The van der Waals surface area contributed by atoms with Gasteiger partial charge >= 0.3 is 0 Å². The first-order valence-corrected chi connectivity index (χ1v) is 5.46. The number of hydrogen-bond donors (Lipinski definition) is 1. The molecular weight excluding hydrogens is 204 g/mol. The second-order valence-electron chi connectivity index (χ2n) is 4.33. The van der Waals surface area contributed by atoms with Crippen LogP contribution in [0.5, 0.6) is 0 Å². The predicted molar refractivity (Wildman–Crippen MR) is 61.3 cm³/mol. The molecule has 0 unspecified atom stereocenters. The number of aromatic nitrogens is 2. The Morgan fingerprint density at radius 2 is 2.19 bits per heavy atom. The number of carbonyl (C=O) groups excluding carboxylic acids is 1. The van der Waals surface area contributed by atoms with Gasteiger partial charge in [-0.05, 0) is 30.9 Å². The summed E-state index contributed by atoms with van der Waals surface area (Å²) in [5, 5.41) is 11.1. The van der Waals surface area contributed by atoms with Gasteiger partial charge in [-0.3, -0.25) is 4.79 Å². The molecule has 0 radical (unpaired) electrons. The van der Waals surface area contributed by atoms with E-state index >= 15 is 0 Å². The molecule has 16 heavy (non-hydrogen) atoms. The summed E-state index contributed by atoms with van der Waals surface area (Å²) in [7, 11) is 3.40. The zero-order chi connectivity index (χ0) is 11.5. The Bertz CT molecular complexity index is 370. The Kier molecular flexibility index (Phi) is 3.03. The maximum atomic E-state index is 11.5. The molecule has 2 rings (SSSR count). The molecule has 0 atom stereocenters. The van der Waals surface area contributed by atoms with Gasteiger partial charge in [-0.25, -0.2) is 0 Å². The van der Waals surface area contributed by atoms with E-state index in [9.17, 15) is 4.79 Å². The number of nitrogens with zero attached hydrogens (tertiary/aromatic N) is 3. The molecule has 86 valence electrons. The predicted octanol–water partition coefficient (Wildman–Crippen LogP) is 1.00. The van der Waals surface area contributed by atoms with E-state index in [1.807, 2.05) is 0 Å². The van der Waals surface area contributed by atoms with E-state index in [0.29, 0.717) is 5.69 Å². The largest absolute Gasteiger partial charge is 0.368 e. The van der Waals surface area contributed by atoms with E-state index in [0.717, 1.165) is 18.3 Å². The molecule has 1 aromatic heterocycles. The van der Waals surface area contributed by atoms with E-state index in [-0.39, 0.29) is 5.91 Å². The summed E-state index contributed by atoms with van der Waals surface area (Å²) < 4.78 is 0. The van der Waals surface area contributed by atoms with Crippen molar-refractivity contribution in [1.29, 1.82) is 0 Å². The van der Waals surface area contributed by atoms with Gasteiger partial charge in [-0.2, -0.15) is 0 Å². The quantitative estimate of drug-likeness (QED) is 0.822. The van der Waals surface area contributed by atoms with Gasteiger partial charge in [0.1, 0.15) is 5.82 Å². The first kappa shape index (κ1) is 10.9. The number of anilines is 1. The van der Waals surface area contributed by atoms with Crippen molar-refractivity contribution in [3.8, 4) is 0 Å². The molecule has 0 aliphatic heterocycles. The van der Waals surface area contributed by atoms with E-state index in [4.69, 9.17) is 0 Å². The van der Waals surface area contributed by atoms with Crippen LogP contribution in [0.25, 0.3) is 0 Å². The van der Waals surface area contributed by atoms with Gasteiger partial charge in [-0.1, -0.05) is 0 Å². The minimum absolute atomic E-state index is 0.124. The van der Waals surface area contributed by atoms with Gasteiger partial charge in [0, 0.05) is 20.6 Å². The van der Waals surface area contributed by atoms with Crippen molar-refractivity contribution in [2.45, 2.75) is 12.8 Å². The van der Waals surface area contributed by atoms with Crippen molar-refractivity contribution >= 4 is 11.7 Å². The normalized spacial score (nSPS) is 14.6. The smallest absolute Gasteiger partial charge is 0.273 e. The molecule has 1 aliphatic rings. The highest BCUT2D eigenvalue weighted by molar-refractivity contribution is 5.91. The molecule has 1 amide bonds. The van der Waals surface area contributed by atoms with Crippen LogP contribution in [-0.4, -0.2) is 41.6 Å². The van der Waals surface area contributed by atoms with Gasteiger partial charge in [0.15, 0.2) is 5.69 Å². The third-order valence-corrected chi connectivity index (χ3v) is 2.56. The van der Waals surface area contributed by atoms with Crippen molar-refractivity contribution in [1.82, 2.24) is 15.1 Å². The zero-order valence-corrected chi connectivity index (χ0v) is 9.60. The van der Waals surface area contributed by atoms with Crippen molar-refractivity contribution in [2.75, 3.05) is 26.0 Å². The molecule has 5 nitrogen and oxygen atoms in total. The highest BCUT2D eigenvalue weighted by atomic mass is 16.2. The van der Waals surface area contributed by atoms with Crippen LogP contribution in [0.15, 0.2) is 12.1 Å². The summed E-state index contributed by atoms with van der Waals surface area (Å²) in [5.74, 6) is 1.41. The lowest BCUT2D eigenvalue weighted by Gasteiger charge is -2.09. The SMILES string of the molecule is CN(C)C(=O)c1ccc(NCC2CC2)nn1. The highest BCUT2D eigenvalue weighted by Crippen LogP contribution is 2.28. The van der Waals surface area contributed by atoms with E-state index < -0.39 is 0 Å². The standard InChI is InChI=1S/C11H16N4O/c1-15(2)11(16)9-5-6-10(14-13-9)12-7-8-3-4-8/h5-6,8H,3-4,7H2,1-2H3,(H,12,14). The molecule has 1 saturated carbocycles. The van der Waals surface area contributed by atoms with E-state index in [1.54, 1.807) is 26.2 Å². The van der Waals surface area contributed by atoms with Crippen LogP contribution < -0.4 is 5.32 Å². The number of nitrogens with one attached hydrogen (secondary N) is 1. The number of hydrogen-bond acceptors (Lipinski definition) is 4. The molecule has 0 saturated heterocycles. The molecule has 1 aliphatic carbocycles. The van der Waals surface area contributed by atoms with Gasteiger partial charge in [0.05, 0.1) is 0 Å². The molecule has 0 spiro atoms. The average molecular weight is 220 g/mol. The third kappa shape index (κ3) is 2.68. The molecule has 1 fully saturated rings. The molecule has 0 bridgehead atoms. The first-order valence-electron chi connectivity index (χ1n) is 5.46. The lowest BCUT2D eigenvalue weighted by molar-refractivity contribution is 0.0821. The number of rotatable bonds is 4. The van der Waals surface area contributed by atoms with Crippen LogP contribution in [0.3, 0.4) is 0 Å². The van der Waals surface area contributed by atoms with Gasteiger partial charge in [0.25, 0.3) is 5.91 Å². The molecule has 1 aromatic rings. The zero-order valence-electron chi connectivity index (χ0n) is 9.60. The summed E-state index contributed by atoms with van der Waals surface area (Å²) in [5.41, 5.74) is 0.377. The van der Waals surface area contributed by atoms with Crippen LogP contribution in [0.2, 0.25) is 0 Å².